The quantitative estimate of drug-likeness (QED) is 0.435. The number of ketones is 2. The molecule has 1 amide bonds. The number of ether oxygens (including phenoxy) is 1. The van der Waals surface area contributed by atoms with Crippen molar-refractivity contribution in [2.45, 2.75) is 69.6 Å². The fourth-order valence-electron chi connectivity index (χ4n) is 8.10. The Kier molecular flexibility index (Phi) is 7.08. The topological polar surface area (TPSA) is 149 Å². The number of unbranched alkanes of at least 4 members (excludes halogenated alkanes) is 1. The van der Waals surface area contributed by atoms with Gasteiger partial charge in [0, 0.05) is 24.6 Å². The van der Waals surface area contributed by atoms with E-state index < -0.39 is 75.4 Å². The summed E-state index contributed by atoms with van der Waals surface area (Å²) >= 11 is 0. The minimum Gasteiger partial charge on any atom is -0.508 e. The molecule has 1 aromatic rings. The zero-order valence-electron chi connectivity index (χ0n) is 24.9. The summed E-state index contributed by atoms with van der Waals surface area (Å²) in [6.07, 6.45) is 3.19. The Balaban J connectivity index is 1.45. The molecule has 43 heavy (non-hydrogen) atoms. The van der Waals surface area contributed by atoms with Crippen LogP contribution in [0.3, 0.4) is 0 Å². The monoisotopic (exact) mass is 599 g/mol. The number of rotatable bonds is 5. The van der Waals surface area contributed by atoms with Gasteiger partial charge >= 0.3 is 0 Å². The summed E-state index contributed by atoms with van der Waals surface area (Å²) in [6, 6.07) is 0.452. The Morgan fingerprint density at radius 2 is 1.95 bits per heavy atom. The van der Waals surface area contributed by atoms with Crippen molar-refractivity contribution in [3.05, 3.63) is 39.9 Å². The van der Waals surface area contributed by atoms with Gasteiger partial charge in [-0.15, -0.1) is 0 Å². The third-order valence-corrected chi connectivity index (χ3v) is 10.0. The second-order valence-electron chi connectivity index (χ2n) is 12.8. The molecule has 11 nitrogen and oxygen atoms in total. The van der Waals surface area contributed by atoms with E-state index in [0.717, 1.165) is 25.3 Å². The number of carbonyl (C=O) groups excluding carboxylic acids is 3. The molecule has 6 atom stereocenters. The van der Waals surface area contributed by atoms with E-state index in [1.54, 1.807) is 25.9 Å². The highest BCUT2D eigenvalue weighted by Gasteiger charge is 2.73. The Hall–Kier alpha value is -3.51. The number of likely N-dealkylation sites (tertiary alicyclic amines) is 1. The van der Waals surface area contributed by atoms with Crippen molar-refractivity contribution < 1.29 is 43.7 Å². The molecule has 6 rings (SSSR count). The first kappa shape index (κ1) is 29.6. The fourth-order valence-corrected chi connectivity index (χ4v) is 8.10. The molecule has 232 valence electrons. The number of aliphatic hydroxyl groups is 2. The molecule has 1 saturated carbocycles. The lowest BCUT2D eigenvalue weighted by atomic mass is 9.53. The van der Waals surface area contributed by atoms with Crippen molar-refractivity contribution in [1.29, 1.82) is 0 Å². The van der Waals surface area contributed by atoms with Crippen LogP contribution < -0.4 is 0 Å². The van der Waals surface area contributed by atoms with E-state index in [-0.39, 0.29) is 42.0 Å². The molecule has 0 aromatic heterocycles. The van der Waals surface area contributed by atoms with Crippen molar-refractivity contribution in [1.82, 2.24) is 9.80 Å². The van der Waals surface area contributed by atoms with E-state index in [2.05, 4.69) is 5.16 Å². The number of hydrogen-bond acceptors (Lipinski definition) is 10. The van der Waals surface area contributed by atoms with Gasteiger partial charge in [0.05, 0.1) is 18.2 Å². The van der Waals surface area contributed by atoms with E-state index in [0.29, 0.717) is 19.5 Å². The van der Waals surface area contributed by atoms with E-state index >= 15 is 4.39 Å². The van der Waals surface area contributed by atoms with E-state index in [1.165, 1.54) is 4.90 Å². The van der Waals surface area contributed by atoms with E-state index in [9.17, 15) is 29.7 Å². The van der Waals surface area contributed by atoms with Gasteiger partial charge in [0.1, 0.15) is 28.8 Å². The van der Waals surface area contributed by atoms with Crippen LogP contribution in [-0.4, -0.2) is 99.5 Å². The van der Waals surface area contributed by atoms with Crippen LogP contribution >= 0.6 is 0 Å². The molecule has 0 radical (unpaired) electrons. The number of nitrogens with zero attached hydrogens (tertiary/aromatic N) is 3. The Morgan fingerprint density at radius 3 is 2.60 bits per heavy atom. The highest BCUT2D eigenvalue weighted by molar-refractivity contribution is 6.17. The third kappa shape index (κ3) is 4.05. The summed E-state index contributed by atoms with van der Waals surface area (Å²) in [5, 5.41) is 39.2. The maximum absolute atomic E-state index is 15.4. The zero-order valence-corrected chi connectivity index (χ0v) is 24.9. The minimum absolute atomic E-state index is 0.0121. The number of benzene rings is 1. The number of hydrogen-bond donors (Lipinski definition) is 3. The molecule has 12 heteroatoms. The molecule has 2 aliphatic heterocycles. The Labute approximate surface area is 248 Å². The fraction of sp³-hybridized carbons (Fsp3) is 0.613. The van der Waals surface area contributed by atoms with Crippen LogP contribution in [0.15, 0.2) is 22.6 Å². The van der Waals surface area contributed by atoms with Crippen molar-refractivity contribution in [2.75, 3.05) is 33.8 Å². The number of amides is 1. The summed E-state index contributed by atoms with van der Waals surface area (Å²) in [7, 11) is 3.54. The smallest absolute Gasteiger partial charge is 0.260 e. The first-order chi connectivity index (χ1) is 20.4. The Morgan fingerprint density at radius 1 is 1.26 bits per heavy atom. The summed E-state index contributed by atoms with van der Waals surface area (Å²) in [5.74, 6) is -7.61. The summed E-state index contributed by atoms with van der Waals surface area (Å²) in [5.41, 5.74) is -4.62. The zero-order chi connectivity index (χ0) is 31.0. The molecule has 3 N–H and O–H groups in total. The number of fused-ring (bicyclic) bond motifs is 4. The van der Waals surface area contributed by atoms with Crippen LogP contribution in [-0.2, 0) is 20.8 Å². The lowest BCUT2D eigenvalue weighted by molar-refractivity contribution is -0.193. The average Bonchev–Trinajstić information content (AvgIpc) is 3.59. The van der Waals surface area contributed by atoms with Gasteiger partial charge in [-0.3, -0.25) is 14.4 Å². The number of Topliss-reactive ketones (excluding diaryl/α,β-unsaturated/α-hetero) is 2. The van der Waals surface area contributed by atoms with Crippen molar-refractivity contribution >= 4 is 23.4 Å². The second-order valence-corrected chi connectivity index (χ2v) is 12.8. The number of aromatic hydroxyl groups is 1. The van der Waals surface area contributed by atoms with Gasteiger partial charge in [-0.1, -0.05) is 18.5 Å². The number of phenolic OH excluding ortho intramolecular Hbond substituents is 1. The summed E-state index contributed by atoms with van der Waals surface area (Å²) in [6.45, 7) is 4.82. The van der Waals surface area contributed by atoms with Crippen LogP contribution in [0.5, 0.6) is 5.75 Å². The number of phenols is 1. The van der Waals surface area contributed by atoms with Gasteiger partial charge < -0.3 is 34.7 Å². The van der Waals surface area contributed by atoms with Crippen molar-refractivity contribution in [2.24, 2.45) is 22.9 Å². The number of aliphatic hydroxyl groups excluding tert-OH is 1. The molecule has 2 unspecified atom stereocenters. The van der Waals surface area contributed by atoms with Crippen LogP contribution in [0.2, 0.25) is 0 Å². The Bertz CT molecular complexity index is 1470. The maximum Gasteiger partial charge on any atom is 0.260 e. The van der Waals surface area contributed by atoms with Crippen LogP contribution in [0, 0.1) is 23.6 Å². The molecule has 2 heterocycles. The summed E-state index contributed by atoms with van der Waals surface area (Å²) < 4.78 is 21.2. The van der Waals surface area contributed by atoms with Crippen LogP contribution in [0.25, 0.3) is 0 Å². The molecule has 1 aromatic carbocycles. The number of allylic oxidation sites excluding steroid dienone is 1. The van der Waals surface area contributed by atoms with Gasteiger partial charge in [0.25, 0.3) is 5.91 Å². The molecule has 0 spiro atoms. The van der Waals surface area contributed by atoms with Crippen molar-refractivity contribution in [3.8, 4) is 5.75 Å². The first-order valence-electron chi connectivity index (χ1n) is 15.0. The lowest BCUT2D eigenvalue weighted by Crippen LogP contribution is -2.73. The van der Waals surface area contributed by atoms with Gasteiger partial charge in [-0.05, 0) is 70.7 Å². The maximum atomic E-state index is 15.4. The number of carbonyl (C=O) groups is 3. The number of likely N-dealkylation sites (N-methyl/N-ethyl adjacent to an activating group) is 1. The normalized spacial score (nSPS) is 33.1. The largest absolute Gasteiger partial charge is 0.508 e. The lowest BCUT2D eigenvalue weighted by Gasteiger charge is -2.56. The van der Waals surface area contributed by atoms with Crippen LogP contribution in [0.1, 0.15) is 72.2 Å². The predicted octanol–water partition coefficient (Wildman–Crippen LogP) is 2.73. The first-order valence-corrected chi connectivity index (χ1v) is 15.0. The molecule has 0 bridgehead atoms. The molecule has 3 aliphatic carbocycles. The molecular weight excluding hydrogens is 561 g/mol. The molecule has 1 saturated heterocycles. The third-order valence-electron chi connectivity index (χ3n) is 10.0. The standard InChI is InChI=1S/C31H38FN3O8/c1-5-6-11-42-28-22-27(39)31(41)17(25(34(3)4)30(22,2)43-33-28)13-15-12-16-14-18(32)21(29(40)35-9-7-8-10-35)24(37)19(16)23(36)20(15)26(31)38/h14-15,17,22,25,37-38,41H,5-13H2,1-4H3/t15-,17-,22?,25-,30?,31-/m0/s1. The summed E-state index contributed by atoms with van der Waals surface area (Å²) in [4.78, 5) is 50.5. The van der Waals surface area contributed by atoms with E-state index in [1.807, 2.05) is 6.92 Å². The molecule has 5 aliphatic rings. The van der Waals surface area contributed by atoms with Gasteiger partial charge in [0.2, 0.25) is 5.90 Å². The van der Waals surface area contributed by atoms with Gasteiger partial charge in [-0.25, -0.2) is 4.39 Å². The highest BCUT2D eigenvalue weighted by Crippen LogP contribution is 2.57. The van der Waals surface area contributed by atoms with Gasteiger partial charge in [0.15, 0.2) is 22.8 Å². The number of halogens is 1. The van der Waals surface area contributed by atoms with Gasteiger partial charge in [-0.2, -0.15) is 0 Å². The SMILES string of the molecule is CCCCOC1=NOC2(C)C1C(=O)[C@@]1(O)C(O)=C3C(=O)c4c(cc(F)c(C(=O)N5CCCC5)c4O)C[C@H]3C[C@H]1[C@@H]2N(C)C. The molecule has 2 fully saturated rings. The second kappa shape index (κ2) is 10.3. The predicted molar refractivity (Wildman–Crippen MR) is 151 cm³/mol. The van der Waals surface area contributed by atoms with E-state index in [4.69, 9.17) is 9.57 Å². The minimum atomic E-state index is -2.48. The number of oxime groups is 1. The van der Waals surface area contributed by atoms with Crippen LogP contribution in [0.4, 0.5) is 4.39 Å². The average molecular weight is 600 g/mol. The highest BCUT2D eigenvalue weighted by atomic mass is 19.1. The van der Waals surface area contributed by atoms with Crippen molar-refractivity contribution in [3.63, 3.8) is 0 Å². The molecular formula is C31H38FN3O8.